The van der Waals surface area contributed by atoms with Crippen LogP contribution in [0.3, 0.4) is 0 Å². The van der Waals surface area contributed by atoms with Gasteiger partial charge in [0, 0.05) is 19.2 Å². The van der Waals surface area contributed by atoms with E-state index in [0.717, 1.165) is 29.6 Å². The van der Waals surface area contributed by atoms with Crippen LogP contribution in [0.1, 0.15) is 30.7 Å². The summed E-state index contributed by atoms with van der Waals surface area (Å²) < 4.78 is 0. The Morgan fingerprint density at radius 2 is 1.78 bits per heavy atom. The zero-order valence-electron chi connectivity index (χ0n) is 11.8. The van der Waals surface area contributed by atoms with Crippen molar-refractivity contribution in [2.45, 2.75) is 33.1 Å². The van der Waals surface area contributed by atoms with Crippen molar-refractivity contribution < 1.29 is 0 Å². The van der Waals surface area contributed by atoms with E-state index in [2.05, 4.69) is 26.9 Å². The van der Waals surface area contributed by atoms with Crippen molar-refractivity contribution in [2.24, 2.45) is 0 Å². The van der Waals surface area contributed by atoms with Gasteiger partial charge >= 0.3 is 0 Å². The van der Waals surface area contributed by atoms with E-state index in [1.54, 1.807) is 0 Å². The third-order valence-corrected chi connectivity index (χ3v) is 3.51. The van der Waals surface area contributed by atoms with Gasteiger partial charge < -0.3 is 10.6 Å². The van der Waals surface area contributed by atoms with Gasteiger partial charge in [0.2, 0.25) is 0 Å². The first-order chi connectivity index (χ1) is 8.69. The van der Waals surface area contributed by atoms with E-state index in [-0.39, 0.29) is 0 Å². The smallest absolute Gasteiger partial charge is 0.134 e. The minimum atomic E-state index is 0.801. The van der Waals surface area contributed by atoms with Crippen molar-refractivity contribution in [3.8, 4) is 0 Å². The topological polar surface area (TPSA) is 49.8 Å². The number of anilines is 2. The quantitative estimate of drug-likeness (QED) is 0.710. The zero-order valence-corrected chi connectivity index (χ0v) is 12.7. The molecule has 0 spiro atoms. The molecule has 0 saturated carbocycles. The van der Waals surface area contributed by atoms with Crippen molar-refractivity contribution in [1.29, 1.82) is 0 Å². The van der Waals surface area contributed by atoms with Crippen molar-refractivity contribution in [3.63, 3.8) is 0 Å². The molecular weight excluding hydrogens is 244 g/mol. The predicted molar refractivity (Wildman–Crippen MR) is 81.8 cm³/mol. The van der Waals surface area contributed by atoms with Crippen LogP contribution >= 0.6 is 11.8 Å². The number of rotatable bonds is 8. The highest BCUT2D eigenvalue weighted by Gasteiger charge is 2.06. The maximum absolute atomic E-state index is 4.45. The Balaban J connectivity index is 2.44. The van der Waals surface area contributed by atoms with E-state index in [1.165, 1.54) is 25.0 Å². The summed E-state index contributed by atoms with van der Waals surface area (Å²) in [6.07, 6.45) is 5.92. The molecular formula is C13H24N4S. The van der Waals surface area contributed by atoms with Crippen LogP contribution < -0.4 is 10.6 Å². The Hall–Kier alpha value is -0.970. The van der Waals surface area contributed by atoms with E-state index in [1.807, 2.05) is 32.7 Å². The summed E-state index contributed by atoms with van der Waals surface area (Å²) in [5.74, 6) is 3.93. The third-order valence-electron chi connectivity index (χ3n) is 2.81. The minimum Gasteiger partial charge on any atom is -0.373 e. The molecule has 1 heterocycles. The van der Waals surface area contributed by atoms with E-state index in [4.69, 9.17) is 0 Å². The molecule has 1 aromatic rings. The summed E-state index contributed by atoms with van der Waals surface area (Å²) in [5, 5.41) is 6.51. The Labute approximate surface area is 114 Å². The SMILES string of the molecule is CNc1nc(C)nc(NCCCCCSC)c1C. The molecule has 0 unspecified atom stereocenters. The first-order valence-corrected chi connectivity index (χ1v) is 7.84. The van der Waals surface area contributed by atoms with Gasteiger partial charge in [0.1, 0.15) is 17.5 Å². The lowest BCUT2D eigenvalue weighted by Gasteiger charge is -2.12. The molecule has 18 heavy (non-hydrogen) atoms. The molecule has 4 nitrogen and oxygen atoms in total. The van der Waals surface area contributed by atoms with E-state index >= 15 is 0 Å². The van der Waals surface area contributed by atoms with E-state index in [0.29, 0.717) is 0 Å². The first kappa shape index (κ1) is 15.1. The van der Waals surface area contributed by atoms with Crippen molar-refractivity contribution in [3.05, 3.63) is 11.4 Å². The van der Waals surface area contributed by atoms with Crippen molar-refractivity contribution in [2.75, 3.05) is 36.2 Å². The molecule has 0 bridgehead atoms. The van der Waals surface area contributed by atoms with Crippen LogP contribution in [0, 0.1) is 13.8 Å². The summed E-state index contributed by atoms with van der Waals surface area (Å²) in [4.78, 5) is 8.80. The zero-order chi connectivity index (χ0) is 13.4. The van der Waals surface area contributed by atoms with Crippen LogP contribution in [0.4, 0.5) is 11.6 Å². The van der Waals surface area contributed by atoms with Gasteiger partial charge in [-0.2, -0.15) is 11.8 Å². The largest absolute Gasteiger partial charge is 0.373 e. The summed E-state index contributed by atoms with van der Waals surface area (Å²) in [6.45, 7) is 4.94. The van der Waals surface area contributed by atoms with Crippen LogP contribution in [-0.4, -0.2) is 35.6 Å². The van der Waals surface area contributed by atoms with Gasteiger partial charge in [-0.05, 0) is 38.7 Å². The average molecular weight is 268 g/mol. The van der Waals surface area contributed by atoms with Crippen LogP contribution in [0.2, 0.25) is 0 Å². The second kappa shape index (κ2) is 8.19. The monoisotopic (exact) mass is 268 g/mol. The molecule has 0 aliphatic heterocycles. The fourth-order valence-corrected chi connectivity index (χ4v) is 2.29. The van der Waals surface area contributed by atoms with Gasteiger partial charge in [-0.1, -0.05) is 6.42 Å². The second-order valence-corrected chi connectivity index (χ2v) is 5.31. The van der Waals surface area contributed by atoms with Gasteiger partial charge in [0.15, 0.2) is 0 Å². The number of thioether (sulfide) groups is 1. The molecule has 0 aromatic carbocycles. The Morgan fingerprint density at radius 3 is 2.44 bits per heavy atom. The number of nitrogens with zero attached hydrogens (tertiary/aromatic N) is 2. The summed E-state index contributed by atoms with van der Waals surface area (Å²) >= 11 is 1.92. The van der Waals surface area contributed by atoms with Gasteiger partial charge in [0.25, 0.3) is 0 Å². The summed E-state index contributed by atoms with van der Waals surface area (Å²) in [5.41, 5.74) is 1.09. The Kier molecular flexibility index (Phi) is 6.86. The Bertz CT molecular complexity index is 368. The number of aromatic nitrogens is 2. The normalized spacial score (nSPS) is 10.4. The highest BCUT2D eigenvalue weighted by Crippen LogP contribution is 2.19. The molecule has 0 aliphatic carbocycles. The van der Waals surface area contributed by atoms with Crippen LogP contribution in [-0.2, 0) is 0 Å². The first-order valence-electron chi connectivity index (χ1n) is 6.44. The number of hydrogen-bond donors (Lipinski definition) is 2. The van der Waals surface area contributed by atoms with Crippen molar-refractivity contribution >= 4 is 23.4 Å². The molecule has 0 amide bonds. The van der Waals surface area contributed by atoms with Crippen LogP contribution in [0.25, 0.3) is 0 Å². The van der Waals surface area contributed by atoms with E-state index < -0.39 is 0 Å². The number of unbranched alkanes of at least 4 members (excludes halogenated alkanes) is 2. The van der Waals surface area contributed by atoms with Gasteiger partial charge in [-0.15, -0.1) is 0 Å². The average Bonchev–Trinajstić information content (AvgIpc) is 2.37. The summed E-state index contributed by atoms with van der Waals surface area (Å²) in [6, 6.07) is 0. The highest BCUT2D eigenvalue weighted by molar-refractivity contribution is 7.98. The fraction of sp³-hybridized carbons (Fsp3) is 0.692. The molecule has 0 saturated heterocycles. The maximum Gasteiger partial charge on any atom is 0.134 e. The third kappa shape index (κ3) is 4.72. The van der Waals surface area contributed by atoms with E-state index in [9.17, 15) is 0 Å². The molecule has 0 aliphatic rings. The molecule has 1 rings (SSSR count). The maximum atomic E-state index is 4.45. The number of hydrogen-bond acceptors (Lipinski definition) is 5. The van der Waals surface area contributed by atoms with Gasteiger partial charge in [0.05, 0.1) is 0 Å². The van der Waals surface area contributed by atoms with Gasteiger partial charge in [-0.25, -0.2) is 9.97 Å². The molecule has 1 aromatic heterocycles. The van der Waals surface area contributed by atoms with Crippen LogP contribution in [0.5, 0.6) is 0 Å². The lowest BCUT2D eigenvalue weighted by molar-refractivity contribution is 0.747. The predicted octanol–water partition coefficient (Wildman–Crippen LogP) is 3.08. The summed E-state index contributed by atoms with van der Waals surface area (Å²) in [7, 11) is 1.89. The lowest BCUT2D eigenvalue weighted by Crippen LogP contribution is -2.09. The molecule has 0 radical (unpaired) electrons. The lowest BCUT2D eigenvalue weighted by atomic mass is 10.2. The van der Waals surface area contributed by atoms with Gasteiger partial charge in [-0.3, -0.25) is 0 Å². The number of nitrogens with one attached hydrogen (secondary N) is 2. The molecule has 0 fully saturated rings. The molecule has 5 heteroatoms. The fourth-order valence-electron chi connectivity index (χ4n) is 1.80. The highest BCUT2D eigenvalue weighted by atomic mass is 32.2. The second-order valence-electron chi connectivity index (χ2n) is 4.32. The van der Waals surface area contributed by atoms with Crippen LogP contribution in [0.15, 0.2) is 0 Å². The Morgan fingerprint density at radius 1 is 1.06 bits per heavy atom. The molecule has 2 N–H and O–H groups in total. The van der Waals surface area contributed by atoms with Crippen molar-refractivity contribution in [1.82, 2.24) is 9.97 Å². The standard InChI is InChI=1S/C13H24N4S/c1-10-12(14-3)16-11(2)17-13(10)15-8-6-5-7-9-18-4/h5-9H2,1-4H3,(H2,14,15,16,17). The molecule has 0 atom stereocenters. The minimum absolute atomic E-state index is 0.801. The number of aryl methyl sites for hydroxylation is 1. The molecule has 102 valence electrons.